The van der Waals surface area contributed by atoms with Gasteiger partial charge in [0.1, 0.15) is 23.2 Å². The number of nitrogens with zero attached hydrogens (tertiary/aromatic N) is 2. The monoisotopic (exact) mass is 912 g/mol. The summed E-state index contributed by atoms with van der Waals surface area (Å²) in [7, 11) is 0. The summed E-state index contributed by atoms with van der Waals surface area (Å²) >= 11 is 0. The van der Waals surface area contributed by atoms with E-state index in [-0.39, 0.29) is 11.5 Å². The first-order chi connectivity index (χ1) is 34.9. The first kappa shape index (κ1) is 40.3. The Hall–Kier alpha value is -8.60. The Morgan fingerprint density at radius 1 is 0.535 bits per heavy atom. The normalized spacial score (nSPS) is 16.2. The average Bonchev–Trinajstić information content (AvgIpc) is 4.15. The van der Waals surface area contributed by atoms with Gasteiger partial charge in [0.2, 0.25) is 0 Å². The number of hydrogen-bond acceptors (Lipinski definition) is 3. The quantitative estimate of drug-likeness (QED) is 0.167. The number of anilines is 1. The minimum atomic E-state index is -0.0633. The number of para-hydroxylation sites is 3. The first-order valence-electron chi connectivity index (χ1n) is 25.0. The Kier molecular flexibility index (Phi) is 8.63. The Bertz CT molecular complexity index is 4140. The SMILES string of the molecule is CC1(C)c2ccccc2-c2c1ccc1cc3c(cc21)c1cc(-c2cccc(-c4ccc(N(C5=Cc6oc7ccccc7c6CC5)C5=CC=C6c7ccccc7OC6C5)cc4)c2)ccc1n3-c1ccccc1. The van der Waals surface area contributed by atoms with Gasteiger partial charge in [-0.1, -0.05) is 147 Å². The topological polar surface area (TPSA) is 30.5 Å². The molecule has 0 saturated heterocycles. The molecule has 71 heavy (non-hydrogen) atoms. The van der Waals surface area contributed by atoms with Crippen molar-refractivity contribution in [1.82, 2.24) is 4.57 Å². The third kappa shape index (κ3) is 6.10. The van der Waals surface area contributed by atoms with E-state index in [0.717, 1.165) is 47.7 Å². The smallest absolute Gasteiger partial charge is 0.135 e. The second-order valence-electron chi connectivity index (χ2n) is 20.3. The molecule has 3 heterocycles. The van der Waals surface area contributed by atoms with Crippen LogP contribution in [0.15, 0.2) is 222 Å². The molecule has 4 nitrogen and oxygen atoms in total. The molecular formula is C67H48N2O2. The van der Waals surface area contributed by atoms with E-state index in [9.17, 15) is 0 Å². The largest absolute Gasteiger partial charge is 0.485 e. The maximum Gasteiger partial charge on any atom is 0.135 e. The van der Waals surface area contributed by atoms with E-state index >= 15 is 0 Å². The number of aromatic nitrogens is 1. The van der Waals surface area contributed by atoms with E-state index in [4.69, 9.17) is 9.15 Å². The van der Waals surface area contributed by atoms with Crippen LogP contribution in [0.5, 0.6) is 5.75 Å². The van der Waals surface area contributed by atoms with Gasteiger partial charge >= 0.3 is 0 Å². The van der Waals surface area contributed by atoms with E-state index in [1.807, 2.05) is 0 Å². The van der Waals surface area contributed by atoms with Crippen molar-refractivity contribution in [2.24, 2.45) is 0 Å². The molecule has 338 valence electrons. The molecule has 0 bridgehead atoms. The van der Waals surface area contributed by atoms with Crippen molar-refractivity contribution in [3.05, 3.63) is 246 Å². The van der Waals surface area contributed by atoms with Gasteiger partial charge in [-0.05, 0) is 141 Å². The van der Waals surface area contributed by atoms with Crippen molar-refractivity contribution in [3.8, 4) is 44.8 Å². The van der Waals surface area contributed by atoms with Gasteiger partial charge in [-0.2, -0.15) is 0 Å². The summed E-state index contributed by atoms with van der Waals surface area (Å²) in [6.45, 7) is 4.73. The molecule has 9 aromatic carbocycles. The first-order valence-corrected chi connectivity index (χ1v) is 25.0. The lowest BCUT2D eigenvalue weighted by Gasteiger charge is -2.34. The van der Waals surface area contributed by atoms with Crippen LogP contribution in [0.1, 0.15) is 54.7 Å². The summed E-state index contributed by atoms with van der Waals surface area (Å²) in [5.41, 5.74) is 22.0. The van der Waals surface area contributed by atoms with Gasteiger partial charge in [-0.3, -0.25) is 0 Å². The molecule has 0 fully saturated rings. The molecule has 4 heteroatoms. The minimum Gasteiger partial charge on any atom is -0.485 e. The molecule has 0 radical (unpaired) electrons. The highest BCUT2D eigenvalue weighted by molar-refractivity contribution is 6.17. The van der Waals surface area contributed by atoms with Crippen LogP contribution < -0.4 is 9.64 Å². The van der Waals surface area contributed by atoms with Gasteiger partial charge in [0.25, 0.3) is 0 Å². The molecule has 15 rings (SSSR count). The van der Waals surface area contributed by atoms with Crippen LogP contribution >= 0.6 is 0 Å². The third-order valence-corrected chi connectivity index (χ3v) is 16.0. The van der Waals surface area contributed by atoms with Gasteiger partial charge in [-0.25, -0.2) is 0 Å². The summed E-state index contributed by atoms with van der Waals surface area (Å²) in [5.74, 6) is 1.92. The number of benzene rings is 9. The summed E-state index contributed by atoms with van der Waals surface area (Å²) in [6.07, 6.45) is 9.40. The van der Waals surface area contributed by atoms with E-state index in [1.54, 1.807) is 0 Å². The molecule has 0 saturated carbocycles. The highest BCUT2D eigenvalue weighted by Gasteiger charge is 2.37. The van der Waals surface area contributed by atoms with Gasteiger partial charge in [0.15, 0.2) is 0 Å². The molecule has 0 amide bonds. The van der Waals surface area contributed by atoms with Crippen molar-refractivity contribution in [2.45, 2.75) is 44.6 Å². The Balaban J connectivity index is 0.821. The van der Waals surface area contributed by atoms with Crippen molar-refractivity contribution < 1.29 is 9.15 Å². The van der Waals surface area contributed by atoms with Crippen molar-refractivity contribution in [2.75, 3.05) is 4.90 Å². The van der Waals surface area contributed by atoms with Crippen LogP contribution in [0, 0.1) is 0 Å². The Labute approximate surface area is 412 Å². The molecule has 1 atom stereocenters. The number of allylic oxidation sites excluding steroid dienone is 3. The van der Waals surface area contributed by atoms with Crippen LogP contribution in [0.25, 0.3) is 94.3 Å². The molecule has 2 aromatic heterocycles. The molecule has 4 aliphatic rings. The summed E-state index contributed by atoms with van der Waals surface area (Å²) in [6, 6.07) is 71.4. The zero-order valence-corrected chi connectivity index (χ0v) is 39.6. The van der Waals surface area contributed by atoms with E-state index in [0.29, 0.717) is 0 Å². The number of rotatable bonds is 6. The highest BCUT2D eigenvalue weighted by Crippen LogP contribution is 2.52. The van der Waals surface area contributed by atoms with Crippen molar-refractivity contribution in [1.29, 1.82) is 0 Å². The van der Waals surface area contributed by atoms with Crippen LogP contribution in [0.2, 0.25) is 0 Å². The molecular weight excluding hydrogens is 865 g/mol. The number of ether oxygens (including phenoxy) is 1. The lowest BCUT2D eigenvalue weighted by Crippen LogP contribution is -2.28. The Morgan fingerprint density at radius 3 is 2.17 bits per heavy atom. The summed E-state index contributed by atoms with van der Waals surface area (Å²) < 4.78 is 15.5. The van der Waals surface area contributed by atoms with Gasteiger partial charge in [0.05, 0.1) is 11.0 Å². The zero-order valence-electron chi connectivity index (χ0n) is 39.6. The second-order valence-corrected chi connectivity index (χ2v) is 20.3. The zero-order chi connectivity index (χ0) is 47.0. The molecule has 3 aliphatic carbocycles. The summed E-state index contributed by atoms with van der Waals surface area (Å²) in [5, 5.41) is 6.30. The van der Waals surface area contributed by atoms with Crippen molar-refractivity contribution in [3.63, 3.8) is 0 Å². The lowest BCUT2D eigenvalue weighted by atomic mass is 9.82. The fourth-order valence-electron chi connectivity index (χ4n) is 12.6. The number of fused-ring (bicyclic) bond motifs is 14. The highest BCUT2D eigenvalue weighted by atomic mass is 16.5. The maximum atomic E-state index is 6.58. The third-order valence-electron chi connectivity index (χ3n) is 16.0. The number of hydrogen-bond donors (Lipinski definition) is 0. The van der Waals surface area contributed by atoms with Crippen LogP contribution in [-0.4, -0.2) is 10.7 Å². The predicted octanol–water partition coefficient (Wildman–Crippen LogP) is 17.2. The van der Waals surface area contributed by atoms with E-state index in [2.05, 4.69) is 236 Å². The molecule has 11 aromatic rings. The summed E-state index contributed by atoms with van der Waals surface area (Å²) in [4.78, 5) is 2.45. The number of furan rings is 1. The molecule has 0 spiro atoms. The van der Waals surface area contributed by atoms with Crippen LogP contribution in [0.3, 0.4) is 0 Å². The molecule has 1 aliphatic heterocycles. The molecule has 1 unspecified atom stereocenters. The van der Waals surface area contributed by atoms with Gasteiger partial charge < -0.3 is 18.6 Å². The van der Waals surface area contributed by atoms with Gasteiger partial charge in [0, 0.05) is 73.5 Å². The van der Waals surface area contributed by atoms with Crippen LogP contribution in [0.4, 0.5) is 5.69 Å². The minimum absolute atomic E-state index is 0.0260. The average molecular weight is 913 g/mol. The predicted molar refractivity (Wildman–Crippen MR) is 293 cm³/mol. The van der Waals surface area contributed by atoms with Crippen molar-refractivity contribution >= 4 is 60.9 Å². The Morgan fingerprint density at radius 2 is 1.28 bits per heavy atom. The molecule has 0 N–H and O–H groups in total. The lowest BCUT2D eigenvalue weighted by molar-refractivity contribution is 0.274. The maximum absolute atomic E-state index is 6.58. The standard InChI is InChI=1S/C67H48N2O2/c1-67(2)58-20-9-6-19-54(58)66-55-40-57-56-36-44(26-34-60(56)69(46-15-4-3-5-16-46)61(57)37-45(55)25-33-59(66)67)43-14-12-13-42(35-43)41-23-27-47(28-24-41)68(48-29-31-52-50-17-7-10-21-62(50)70-64(52)38-48)49-30-32-53-51-18-8-11-22-63(51)71-65(53)39-49/h3-29,31,33-37,39-40,64H,30,32,38H2,1-2H3. The fraction of sp³-hybridized carbons (Fsp3) is 0.104. The van der Waals surface area contributed by atoms with E-state index in [1.165, 1.54) is 111 Å². The van der Waals surface area contributed by atoms with Gasteiger partial charge in [-0.15, -0.1) is 0 Å². The fourth-order valence-corrected chi connectivity index (χ4v) is 12.6. The second kappa shape index (κ2) is 15.2. The van der Waals surface area contributed by atoms with E-state index < -0.39 is 0 Å². The number of aryl methyl sites for hydroxylation is 1. The van der Waals surface area contributed by atoms with Crippen LogP contribution in [-0.2, 0) is 11.8 Å².